The van der Waals surface area contributed by atoms with E-state index < -0.39 is 0 Å². The van der Waals surface area contributed by atoms with Crippen molar-refractivity contribution < 1.29 is 4.74 Å². The molecule has 0 bridgehead atoms. The van der Waals surface area contributed by atoms with E-state index in [2.05, 4.69) is 4.90 Å². The van der Waals surface area contributed by atoms with Crippen molar-refractivity contribution in [2.24, 2.45) is 5.73 Å². The number of ether oxygens (including phenoxy) is 1. The maximum atomic E-state index is 5.39. The van der Waals surface area contributed by atoms with E-state index in [4.69, 9.17) is 34.9 Å². The lowest BCUT2D eigenvalue weighted by atomic mass is 10.3. The van der Waals surface area contributed by atoms with E-state index in [0.717, 1.165) is 31.3 Å². The summed E-state index contributed by atoms with van der Waals surface area (Å²) in [6, 6.07) is 0. The van der Waals surface area contributed by atoms with E-state index in [1.165, 1.54) is 0 Å². The Labute approximate surface area is 82.9 Å². The average molecular weight is 204 g/mol. The molecule has 12 heavy (non-hydrogen) atoms. The second-order valence-electron chi connectivity index (χ2n) is 2.64. The van der Waals surface area contributed by atoms with Crippen LogP contribution in [0.4, 0.5) is 0 Å². The van der Waals surface area contributed by atoms with Gasteiger partial charge in [0.1, 0.15) is 0 Å². The summed E-state index contributed by atoms with van der Waals surface area (Å²) in [4.78, 5) is 3.40. The highest BCUT2D eigenvalue weighted by molar-refractivity contribution is 7.82. The molecule has 68 valence electrons. The molecule has 1 aliphatic rings. The van der Waals surface area contributed by atoms with Gasteiger partial charge in [-0.1, -0.05) is 24.4 Å². The third kappa shape index (κ3) is 3.00. The number of thiocarbonyl (C=S) groups is 2. The Kier molecular flexibility index (Phi) is 3.84. The monoisotopic (exact) mass is 204 g/mol. The molecule has 3 nitrogen and oxygen atoms in total. The Balaban J connectivity index is 2.34. The zero-order valence-electron chi connectivity index (χ0n) is 6.78. The van der Waals surface area contributed by atoms with E-state index in [0.29, 0.717) is 11.4 Å². The van der Waals surface area contributed by atoms with Crippen molar-refractivity contribution >= 4 is 34.4 Å². The van der Waals surface area contributed by atoms with Crippen LogP contribution in [0, 0.1) is 0 Å². The van der Waals surface area contributed by atoms with Gasteiger partial charge in [0.05, 0.1) is 23.2 Å². The minimum atomic E-state index is 0.464. The number of rotatable bonds is 2. The predicted molar refractivity (Wildman–Crippen MR) is 56.4 cm³/mol. The van der Waals surface area contributed by atoms with Crippen molar-refractivity contribution in [3.8, 4) is 0 Å². The lowest BCUT2D eigenvalue weighted by molar-refractivity contribution is 0.0686. The SMILES string of the molecule is NC(=S)CC(=S)N1CCOCC1. The van der Waals surface area contributed by atoms with E-state index >= 15 is 0 Å². The molecule has 0 spiro atoms. The molecule has 1 heterocycles. The van der Waals surface area contributed by atoms with Gasteiger partial charge in [0, 0.05) is 19.5 Å². The van der Waals surface area contributed by atoms with E-state index in [1.807, 2.05) is 0 Å². The largest absolute Gasteiger partial charge is 0.393 e. The van der Waals surface area contributed by atoms with Gasteiger partial charge in [-0.2, -0.15) is 0 Å². The molecule has 5 heteroatoms. The smallest absolute Gasteiger partial charge is 0.0849 e. The van der Waals surface area contributed by atoms with Crippen molar-refractivity contribution in [2.75, 3.05) is 26.3 Å². The molecule has 0 amide bonds. The Bertz CT molecular complexity index is 190. The quantitative estimate of drug-likeness (QED) is 0.656. The van der Waals surface area contributed by atoms with Crippen LogP contribution in [0.25, 0.3) is 0 Å². The normalized spacial score (nSPS) is 17.5. The Hall–Kier alpha value is -0.260. The van der Waals surface area contributed by atoms with Crippen LogP contribution in [0.5, 0.6) is 0 Å². The van der Waals surface area contributed by atoms with Gasteiger partial charge in [0.2, 0.25) is 0 Å². The van der Waals surface area contributed by atoms with Gasteiger partial charge < -0.3 is 15.4 Å². The first-order valence-corrected chi connectivity index (χ1v) is 4.65. The van der Waals surface area contributed by atoms with Gasteiger partial charge in [-0.15, -0.1) is 0 Å². The maximum Gasteiger partial charge on any atom is 0.0849 e. The van der Waals surface area contributed by atoms with Crippen molar-refractivity contribution in [3.63, 3.8) is 0 Å². The van der Waals surface area contributed by atoms with Crippen LogP contribution in [-0.2, 0) is 4.74 Å². The third-order valence-electron chi connectivity index (χ3n) is 1.69. The Morgan fingerprint density at radius 3 is 2.42 bits per heavy atom. The summed E-state index contributed by atoms with van der Waals surface area (Å²) in [5.41, 5.74) is 5.39. The van der Waals surface area contributed by atoms with Gasteiger partial charge in [-0.25, -0.2) is 0 Å². The molecule has 2 N–H and O–H groups in total. The molecule has 0 aromatic rings. The lowest BCUT2D eigenvalue weighted by Crippen LogP contribution is -2.41. The molecule has 1 fully saturated rings. The minimum Gasteiger partial charge on any atom is -0.393 e. The minimum absolute atomic E-state index is 0.464. The average Bonchev–Trinajstić information content (AvgIpc) is 2.05. The summed E-state index contributed by atoms with van der Waals surface area (Å²) >= 11 is 9.93. The molecular formula is C7H12N2OS2. The summed E-state index contributed by atoms with van der Waals surface area (Å²) in [5.74, 6) is 0. The first-order chi connectivity index (χ1) is 5.70. The molecule has 0 saturated carbocycles. The first-order valence-electron chi connectivity index (χ1n) is 3.84. The van der Waals surface area contributed by atoms with Gasteiger partial charge in [0.25, 0.3) is 0 Å². The van der Waals surface area contributed by atoms with Crippen LogP contribution in [0.3, 0.4) is 0 Å². The highest BCUT2D eigenvalue weighted by atomic mass is 32.1. The van der Waals surface area contributed by atoms with Gasteiger partial charge in [0.15, 0.2) is 0 Å². The number of nitrogens with two attached hydrogens (primary N) is 1. The second kappa shape index (κ2) is 4.69. The number of morpholine rings is 1. The molecule has 0 atom stereocenters. The van der Waals surface area contributed by atoms with Crippen molar-refractivity contribution in [2.45, 2.75) is 6.42 Å². The van der Waals surface area contributed by atoms with Crippen LogP contribution < -0.4 is 5.73 Å². The second-order valence-corrected chi connectivity index (χ2v) is 3.63. The molecule has 1 aliphatic heterocycles. The number of hydrogen-bond acceptors (Lipinski definition) is 3. The highest BCUT2D eigenvalue weighted by Crippen LogP contribution is 2.01. The topological polar surface area (TPSA) is 38.5 Å². The third-order valence-corrected chi connectivity index (χ3v) is 2.24. The molecule has 0 aromatic carbocycles. The molecule has 0 radical (unpaired) electrons. The van der Waals surface area contributed by atoms with E-state index in [1.54, 1.807) is 0 Å². The zero-order valence-corrected chi connectivity index (χ0v) is 8.42. The van der Waals surface area contributed by atoms with Crippen molar-refractivity contribution in [1.82, 2.24) is 4.90 Å². The van der Waals surface area contributed by atoms with E-state index in [9.17, 15) is 0 Å². The standard InChI is InChI=1S/C7H12N2OS2/c8-6(11)5-7(12)9-1-3-10-4-2-9/h1-5H2,(H2,8,11). The summed E-state index contributed by atoms with van der Waals surface area (Å²) in [5, 5.41) is 0. The van der Waals surface area contributed by atoms with Gasteiger partial charge in [-0.3, -0.25) is 0 Å². The van der Waals surface area contributed by atoms with E-state index in [-0.39, 0.29) is 0 Å². The lowest BCUT2D eigenvalue weighted by Gasteiger charge is -2.28. The fourth-order valence-corrected chi connectivity index (χ4v) is 1.64. The van der Waals surface area contributed by atoms with Crippen molar-refractivity contribution in [1.29, 1.82) is 0 Å². The van der Waals surface area contributed by atoms with Crippen LogP contribution in [0.2, 0.25) is 0 Å². The molecule has 0 unspecified atom stereocenters. The fraction of sp³-hybridized carbons (Fsp3) is 0.714. The van der Waals surface area contributed by atoms with Crippen LogP contribution in [-0.4, -0.2) is 41.2 Å². The van der Waals surface area contributed by atoms with Crippen LogP contribution in [0.15, 0.2) is 0 Å². The molecule has 1 saturated heterocycles. The molecule has 1 rings (SSSR count). The van der Waals surface area contributed by atoms with Crippen molar-refractivity contribution in [3.05, 3.63) is 0 Å². The fourth-order valence-electron chi connectivity index (χ4n) is 1.07. The van der Waals surface area contributed by atoms with Crippen LogP contribution in [0.1, 0.15) is 6.42 Å². The molecular weight excluding hydrogens is 192 g/mol. The van der Waals surface area contributed by atoms with Crippen LogP contribution >= 0.6 is 24.4 Å². The van der Waals surface area contributed by atoms with Gasteiger partial charge in [-0.05, 0) is 0 Å². The molecule has 0 aliphatic carbocycles. The summed E-state index contributed by atoms with van der Waals surface area (Å²) in [6.07, 6.45) is 0.546. The summed E-state index contributed by atoms with van der Waals surface area (Å²) in [7, 11) is 0. The Morgan fingerprint density at radius 2 is 1.92 bits per heavy atom. The predicted octanol–water partition coefficient (Wildman–Crippen LogP) is 0.322. The highest BCUT2D eigenvalue weighted by Gasteiger charge is 2.13. The number of hydrogen-bond donors (Lipinski definition) is 1. The number of nitrogens with zero attached hydrogens (tertiary/aromatic N) is 1. The van der Waals surface area contributed by atoms with Gasteiger partial charge >= 0.3 is 0 Å². The summed E-state index contributed by atoms with van der Waals surface area (Å²) < 4.78 is 5.19. The summed E-state index contributed by atoms with van der Waals surface area (Å²) in [6.45, 7) is 3.22. The Morgan fingerprint density at radius 1 is 1.33 bits per heavy atom. The first kappa shape index (κ1) is 9.83. The zero-order chi connectivity index (χ0) is 8.97. The maximum absolute atomic E-state index is 5.39. The molecule has 0 aromatic heterocycles.